The van der Waals surface area contributed by atoms with Crippen LogP contribution < -0.4 is 10.3 Å². The number of halogens is 2. The van der Waals surface area contributed by atoms with Gasteiger partial charge < -0.3 is 14.8 Å². The quantitative estimate of drug-likeness (QED) is 0.846. The zero-order chi connectivity index (χ0) is 13.3. The van der Waals surface area contributed by atoms with Crippen molar-refractivity contribution in [1.82, 2.24) is 9.97 Å². The molecule has 0 radical (unpaired) electrons. The van der Waals surface area contributed by atoms with Crippen molar-refractivity contribution in [2.75, 3.05) is 7.11 Å². The molecule has 2 N–H and O–H groups in total. The van der Waals surface area contributed by atoms with Crippen molar-refractivity contribution in [1.29, 1.82) is 0 Å². The summed E-state index contributed by atoms with van der Waals surface area (Å²) in [6, 6.07) is 5.21. The van der Waals surface area contributed by atoms with Crippen molar-refractivity contribution in [2.24, 2.45) is 0 Å². The first kappa shape index (κ1) is 13.1. The number of aromatic hydroxyl groups is 1. The Morgan fingerprint density at radius 3 is 2.67 bits per heavy atom. The Bertz CT molecular complexity index is 655. The predicted molar refractivity (Wildman–Crippen MR) is 73.9 cm³/mol. The van der Waals surface area contributed by atoms with Crippen LogP contribution in [0.1, 0.15) is 0 Å². The largest absolute Gasteiger partial charge is 0.496 e. The molecule has 2 rings (SSSR count). The number of rotatable bonds is 2. The second kappa shape index (κ2) is 5.11. The third-order valence-electron chi connectivity index (χ3n) is 2.27. The molecule has 0 bridgehead atoms. The highest BCUT2D eigenvalue weighted by atomic mass is 79.9. The van der Waals surface area contributed by atoms with Crippen molar-refractivity contribution in [3.63, 3.8) is 0 Å². The standard InChI is InChI=1S/C11H8Br2N2O3/c1-18-7-3-2-5(4-6(7)12)9-14-10(16)8(13)11(17)15-9/h2-4H,1H3,(H2,14,15,16,17). The molecule has 0 atom stereocenters. The minimum Gasteiger partial charge on any atom is -0.496 e. The van der Waals surface area contributed by atoms with Crippen LogP contribution in [0.5, 0.6) is 11.6 Å². The van der Waals surface area contributed by atoms with Crippen LogP contribution in [0.2, 0.25) is 0 Å². The first-order chi connectivity index (χ1) is 8.52. The molecule has 0 aliphatic heterocycles. The Balaban J connectivity index is 2.56. The second-order valence-electron chi connectivity index (χ2n) is 3.40. The molecule has 18 heavy (non-hydrogen) atoms. The maximum Gasteiger partial charge on any atom is 0.269 e. The average molecular weight is 376 g/mol. The molecular weight excluding hydrogens is 368 g/mol. The van der Waals surface area contributed by atoms with Crippen molar-refractivity contribution >= 4 is 31.9 Å². The van der Waals surface area contributed by atoms with Gasteiger partial charge in [-0.15, -0.1) is 0 Å². The van der Waals surface area contributed by atoms with E-state index in [2.05, 4.69) is 41.8 Å². The number of nitrogens with zero attached hydrogens (tertiary/aromatic N) is 1. The van der Waals surface area contributed by atoms with E-state index >= 15 is 0 Å². The monoisotopic (exact) mass is 374 g/mol. The third-order valence-corrected chi connectivity index (χ3v) is 3.61. The first-order valence-electron chi connectivity index (χ1n) is 4.85. The van der Waals surface area contributed by atoms with Crippen LogP contribution in [0.15, 0.2) is 31.9 Å². The summed E-state index contributed by atoms with van der Waals surface area (Å²) in [7, 11) is 1.56. The van der Waals surface area contributed by atoms with Crippen molar-refractivity contribution in [2.45, 2.75) is 0 Å². The van der Waals surface area contributed by atoms with Gasteiger partial charge in [0, 0.05) is 5.56 Å². The van der Waals surface area contributed by atoms with E-state index in [1.54, 1.807) is 25.3 Å². The fourth-order valence-corrected chi connectivity index (χ4v) is 2.13. The molecule has 0 aliphatic carbocycles. The SMILES string of the molecule is COc1ccc(-c2nc(O)c(Br)c(=O)[nH]2)cc1Br. The smallest absolute Gasteiger partial charge is 0.269 e. The number of hydrogen-bond acceptors (Lipinski definition) is 4. The molecule has 0 spiro atoms. The highest BCUT2D eigenvalue weighted by Crippen LogP contribution is 2.29. The fraction of sp³-hybridized carbons (Fsp3) is 0.0909. The summed E-state index contributed by atoms with van der Waals surface area (Å²) in [6.07, 6.45) is 0. The van der Waals surface area contributed by atoms with Crippen LogP contribution in [0, 0.1) is 0 Å². The lowest BCUT2D eigenvalue weighted by Gasteiger charge is -2.06. The number of aromatic amines is 1. The summed E-state index contributed by atoms with van der Waals surface area (Å²) in [6.45, 7) is 0. The third kappa shape index (κ3) is 2.41. The summed E-state index contributed by atoms with van der Waals surface area (Å²) in [5.74, 6) is 0.604. The second-order valence-corrected chi connectivity index (χ2v) is 5.05. The Hall–Kier alpha value is -1.34. The molecule has 0 fully saturated rings. The molecule has 1 heterocycles. The Kier molecular flexibility index (Phi) is 3.72. The number of benzene rings is 1. The molecule has 94 valence electrons. The van der Waals surface area contributed by atoms with E-state index in [9.17, 15) is 9.90 Å². The number of methoxy groups -OCH3 is 1. The molecule has 0 aliphatic rings. The van der Waals surface area contributed by atoms with Crippen LogP contribution in [-0.4, -0.2) is 22.2 Å². The first-order valence-corrected chi connectivity index (χ1v) is 6.44. The van der Waals surface area contributed by atoms with Gasteiger partial charge in [-0.25, -0.2) is 0 Å². The van der Waals surface area contributed by atoms with Crippen LogP contribution in [0.25, 0.3) is 11.4 Å². The summed E-state index contributed by atoms with van der Waals surface area (Å²) < 4.78 is 5.85. The molecule has 0 amide bonds. The zero-order valence-corrected chi connectivity index (χ0v) is 12.4. The minimum absolute atomic E-state index is 0.0128. The maximum atomic E-state index is 11.5. The van der Waals surface area contributed by atoms with Gasteiger partial charge in [-0.2, -0.15) is 4.98 Å². The van der Waals surface area contributed by atoms with Gasteiger partial charge in [0.25, 0.3) is 5.56 Å². The van der Waals surface area contributed by atoms with E-state index < -0.39 is 5.56 Å². The topological polar surface area (TPSA) is 75.2 Å². The van der Waals surface area contributed by atoms with Gasteiger partial charge in [0.15, 0.2) is 0 Å². The van der Waals surface area contributed by atoms with Crippen molar-refractivity contribution in [3.05, 3.63) is 37.5 Å². The number of hydrogen-bond donors (Lipinski definition) is 2. The molecule has 2 aromatic rings. The van der Waals surface area contributed by atoms with E-state index in [-0.39, 0.29) is 16.2 Å². The average Bonchev–Trinajstić information content (AvgIpc) is 2.35. The molecular formula is C11H8Br2N2O3. The molecule has 7 heteroatoms. The number of H-pyrrole nitrogens is 1. The van der Waals surface area contributed by atoms with E-state index in [4.69, 9.17) is 4.74 Å². The van der Waals surface area contributed by atoms with E-state index in [0.29, 0.717) is 11.3 Å². The van der Waals surface area contributed by atoms with E-state index in [0.717, 1.165) is 4.47 Å². The lowest BCUT2D eigenvalue weighted by molar-refractivity contribution is 0.412. The highest BCUT2D eigenvalue weighted by molar-refractivity contribution is 9.10. The molecule has 1 aromatic heterocycles. The van der Waals surface area contributed by atoms with Crippen LogP contribution in [0.3, 0.4) is 0 Å². The Labute approximate surface area is 119 Å². The maximum absolute atomic E-state index is 11.5. The van der Waals surface area contributed by atoms with Crippen molar-refractivity contribution in [3.8, 4) is 23.0 Å². The van der Waals surface area contributed by atoms with E-state index in [1.807, 2.05) is 0 Å². The van der Waals surface area contributed by atoms with E-state index in [1.165, 1.54) is 0 Å². The Morgan fingerprint density at radius 2 is 2.11 bits per heavy atom. The van der Waals surface area contributed by atoms with Gasteiger partial charge in [-0.3, -0.25) is 4.79 Å². The molecule has 0 saturated heterocycles. The minimum atomic E-state index is -0.440. The molecule has 0 unspecified atom stereocenters. The normalized spacial score (nSPS) is 10.4. The van der Waals surface area contributed by atoms with Gasteiger partial charge in [0.05, 0.1) is 11.6 Å². The van der Waals surface area contributed by atoms with Gasteiger partial charge in [0.1, 0.15) is 16.0 Å². The van der Waals surface area contributed by atoms with Gasteiger partial charge >= 0.3 is 0 Å². The predicted octanol–water partition coefficient (Wildman–Crippen LogP) is 2.68. The number of aromatic nitrogens is 2. The highest BCUT2D eigenvalue weighted by Gasteiger charge is 2.10. The number of ether oxygens (including phenoxy) is 1. The van der Waals surface area contributed by atoms with Crippen LogP contribution in [-0.2, 0) is 0 Å². The molecule has 1 aromatic carbocycles. The molecule has 0 saturated carbocycles. The summed E-state index contributed by atoms with van der Waals surface area (Å²) in [4.78, 5) is 18.0. The van der Waals surface area contributed by atoms with Gasteiger partial charge in [0.2, 0.25) is 5.88 Å². The number of nitrogens with one attached hydrogen (secondary N) is 1. The molecule has 5 nitrogen and oxygen atoms in total. The Morgan fingerprint density at radius 1 is 1.39 bits per heavy atom. The van der Waals surface area contributed by atoms with Crippen LogP contribution >= 0.6 is 31.9 Å². The lowest BCUT2D eigenvalue weighted by Crippen LogP contribution is -2.09. The summed E-state index contributed by atoms with van der Waals surface area (Å²) in [5.41, 5.74) is 0.215. The lowest BCUT2D eigenvalue weighted by atomic mass is 10.2. The van der Waals surface area contributed by atoms with Gasteiger partial charge in [-0.1, -0.05) is 0 Å². The summed E-state index contributed by atoms with van der Waals surface area (Å²) in [5, 5.41) is 9.50. The van der Waals surface area contributed by atoms with Gasteiger partial charge in [-0.05, 0) is 50.1 Å². The van der Waals surface area contributed by atoms with Crippen molar-refractivity contribution < 1.29 is 9.84 Å². The fourth-order valence-electron chi connectivity index (χ4n) is 1.40. The zero-order valence-electron chi connectivity index (χ0n) is 9.20. The van der Waals surface area contributed by atoms with Crippen LogP contribution in [0.4, 0.5) is 0 Å². The summed E-state index contributed by atoms with van der Waals surface area (Å²) >= 11 is 6.28.